The number of anilines is 1. The van der Waals surface area contributed by atoms with Crippen LogP contribution in [0.4, 0.5) is 5.69 Å². The van der Waals surface area contributed by atoms with Gasteiger partial charge >= 0.3 is 5.97 Å². The van der Waals surface area contributed by atoms with E-state index in [1.54, 1.807) is 24.3 Å². The fourth-order valence-electron chi connectivity index (χ4n) is 3.60. The summed E-state index contributed by atoms with van der Waals surface area (Å²) in [6.07, 6.45) is 2.05. The van der Waals surface area contributed by atoms with E-state index in [0.717, 1.165) is 18.4 Å². The van der Waals surface area contributed by atoms with Gasteiger partial charge in [0.05, 0.1) is 5.41 Å². The van der Waals surface area contributed by atoms with Gasteiger partial charge in [-0.25, -0.2) is 4.79 Å². The zero-order valence-electron chi connectivity index (χ0n) is 16.7. The van der Waals surface area contributed by atoms with Crippen molar-refractivity contribution in [3.63, 3.8) is 0 Å². The molecular formula is C23H26N2O4. The van der Waals surface area contributed by atoms with Crippen molar-refractivity contribution in [1.82, 2.24) is 4.90 Å². The molecule has 6 heteroatoms. The average Bonchev–Trinajstić information content (AvgIpc) is 2.74. The summed E-state index contributed by atoms with van der Waals surface area (Å²) in [7, 11) is 0. The number of carboxylic acids is 1. The Morgan fingerprint density at radius 2 is 1.76 bits per heavy atom. The van der Waals surface area contributed by atoms with Crippen molar-refractivity contribution in [2.75, 3.05) is 11.9 Å². The van der Waals surface area contributed by atoms with Crippen LogP contribution in [0, 0.1) is 0 Å². The highest BCUT2D eigenvalue weighted by molar-refractivity contribution is 6.01. The molecule has 2 aromatic rings. The number of carbonyl (C=O) groups excluding carboxylic acids is 2. The first-order valence-electron chi connectivity index (χ1n) is 9.81. The quantitative estimate of drug-likeness (QED) is 0.810. The number of hydrogen-bond donors (Lipinski definition) is 2. The molecule has 1 heterocycles. The maximum Gasteiger partial charge on any atom is 0.326 e. The Balaban J connectivity index is 1.78. The minimum Gasteiger partial charge on any atom is -0.480 e. The van der Waals surface area contributed by atoms with Gasteiger partial charge in [-0.1, -0.05) is 36.4 Å². The summed E-state index contributed by atoms with van der Waals surface area (Å²) < 4.78 is 0. The van der Waals surface area contributed by atoms with Gasteiger partial charge in [0.2, 0.25) is 5.91 Å². The lowest BCUT2D eigenvalue weighted by Crippen LogP contribution is -2.48. The Morgan fingerprint density at radius 3 is 2.45 bits per heavy atom. The molecule has 1 aliphatic rings. The smallest absolute Gasteiger partial charge is 0.326 e. The number of amides is 2. The number of hydrogen-bond acceptors (Lipinski definition) is 3. The van der Waals surface area contributed by atoms with Gasteiger partial charge in [-0.05, 0) is 56.9 Å². The van der Waals surface area contributed by atoms with Gasteiger partial charge < -0.3 is 15.3 Å². The highest BCUT2D eigenvalue weighted by Crippen LogP contribution is 2.26. The van der Waals surface area contributed by atoms with Gasteiger partial charge in [0, 0.05) is 17.8 Å². The van der Waals surface area contributed by atoms with Crippen LogP contribution in [0.25, 0.3) is 0 Å². The van der Waals surface area contributed by atoms with Crippen molar-refractivity contribution >= 4 is 23.5 Å². The zero-order chi connectivity index (χ0) is 21.0. The fourth-order valence-corrected chi connectivity index (χ4v) is 3.60. The molecule has 29 heavy (non-hydrogen) atoms. The Kier molecular flexibility index (Phi) is 6.01. The second-order valence-electron chi connectivity index (χ2n) is 7.87. The van der Waals surface area contributed by atoms with Crippen LogP contribution in [-0.2, 0) is 15.0 Å². The Morgan fingerprint density at radius 1 is 1.03 bits per heavy atom. The minimum atomic E-state index is -0.980. The molecule has 0 aromatic heterocycles. The molecule has 0 bridgehead atoms. The predicted molar refractivity (Wildman–Crippen MR) is 111 cm³/mol. The van der Waals surface area contributed by atoms with Crippen LogP contribution < -0.4 is 5.32 Å². The topological polar surface area (TPSA) is 86.7 Å². The van der Waals surface area contributed by atoms with Crippen molar-refractivity contribution in [3.05, 3.63) is 65.7 Å². The zero-order valence-corrected chi connectivity index (χ0v) is 16.7. The Labute approximate surface area is 170 Å². The molecule has 1 unspecified atom stereocenters. The van der Waals surface area contributed by atoms with Crippen molar-refractivity contribution < 1.29 is 19.5 Å². The number of aliphatic carboxylic acids is 1. The molecule has 0 saturated carbocycles. The number of benzene rings is 2. The molecular weight excluding hydrogens is 368 g/mol. The van der Waals surface area contributed by atoms with E-state index in [9.17, 15) is 19.5 Å². The third-order valence-electron chi connectivity index (χ3n) is 5.48. The van der Waals surface area contributed by atoms with Crippen LogP contribution in [0.1, 0.15) is 49.0 Å². The predicted octanol–water partition coefficient (Wildman–Crippen LogP) is 3.68. The van der Waals surface area contributed by atoms with E-state index in [1.807, 2.05) is 44.2 Å². The molecule has 1 aliphatic heterocycles. The van der Waals surface area contributed by atoms with Crippen LogP contribution >= 0.6 is 0 Å². The molecule has 1 atom stereocenters. The SMILES string of the molecule is CC(C)(C(=O)Nc1cccc(C(=O)N2CCCCC2C(=O)O)c1)c1ccccc1. The van der Waals surface area contributed by atoms with E-state index >= 15 is 0 Å². The summed E-state index contributed by atoms with van der Waals surface area (Å²) >= 11 is 0. The van der Waals surface area contributed by atoms with E-state index in [2.05, 4.69) is 5.32 Å². The largest absolute Gasteiger partial charge is 0.480 e. The lowest BCUT2D eigenvalue weighted by atomic mass is 9.83. The van der Waals surface area contributed by atoms with Gasteiger partial charge in [-0.15, -0.1) is 0 Å². The summed E-state index contributed by atoms with van der Waals surface area (Å²) in [5.74, 6) is -1.49. The summed E-state index contributed by atoms with van der Waals surface area (Å²) in [6, 6.07) is 15.4. The first-order valence-corrected chi connectivity index (χ1v) is 9.81. The Hall–Kier alpha value is -3.15. The second-order valence-corrected chi connectivity index (χ2v) is 7.87. The number of carboxylic acid groups (broad SMARTS) is 1. The van der Waals surface area contributed by atoms with Gasteiger partial charge in [0.15, 0.2) is 0 Å². The van der Waals surface area contributed by atoms with Gasteiger partial charge in [0.25, 0.3) is 5.91 Å². The molecule has 2 N–H and O–H groups in total. The average molecular weight is 394 g/mol. The standard InChI is InChI=1S/C23H26N2O4/c1-23(2,17-10-4-3-5-11-17)22(29)24-18-12-8-9-16(15-18)20(26)25-14-7-6-13-19(25)21(27)28/h3-5,8-12,15,19H,6-7,13-14H2,1-2H3,(H,24,29)(H,27,28). The van der Waals surface area contributed by atoms with Crippen LogP contribution in [0.15, 0.2) is 54.6 Å². The number of likely N-dealkylation sites (tertiary alicyclic amines) is 1. The number of carbonyl (C=O) groups is 3. The van der Waals surface area contributed by atoms with Crippen molar-refractivity contribution in [2.45, 2.75) is 44.6 Å². The minimum absolute atomic E-state index is 0.185. The second kappa shape index (κ2) is 8.47. The normalized spacial score (nSPS) is 16.9. The van der Waals surface area contributed by atoms with Crippen molar-refractivity contribution in [2.24, 2.45) is 0 Å². The van der Waals surface area contributed by atoms with Crippen LogP contribution in [0.2, 0.25) is 0 Å². The number of nitrogens with zero attached hydrogens (tertiary/aromatic N) is 1. The summed E-state index contributed by atoms with van der Waals surface area (Å²) in [5, 5.41) is 12.3. The molecule has 2 amide bonds. The highest BCUT2D eigenvalue weighted by atomic mass is 16.4. The van der Waals surface area contributed by atoms with E-state index in [0.29, 0.717) is 24.2 Å². The first kappa shape index (κ1) is 20.6. The lowest BCUT2D eigenvalue weighted by molar-refractivity contribution is -0.143. The molecule has 3 rings (SSSR count). The molecule has 0 spiro atoms. The molecule has 6 nitrogen and oxygen atoms in total. The van der Waals surface area contributed by atoms with Gasteiger partial charge in [-0.2, -0.15) is 0 Å². The molecule has 2 aromatic carbocycles. The van der Waals surface area contributed by atoms with Gasteiger partial charge in [-0.3, -0.25) is 9.59 Å². The molecule has 1 fully saturated rings. The van der Waals surface area contributed by atoms with Crippen molar-refractivity contribution in [1.29, 1.82) is 0 Å². The van der Waals surface area contributed by atoms with E-state index in [1.165, 1.54) is 4.90 Å². The monoisotopic (exact) mass is 394 g/mol. The molecule has 152 valence electrons. The molecule has 0 aliphatic carbocycles. The van der Waals surface area contributed by atoms with E-state index in [4.69, 9.17) is 0 Å². The third kappa shape index (κ3) is 4.47. The summed E-state index contributed by atoms with van der Waals surface area (Å²) in [4.78, 5) is 38.7. The Bertz CT molecular complexity index is 908. The number of piperidine rings is 1. The maximum absolute atomic E-state index is 12.9. The molecule has 1 saturated heterocycles. The molecule has 0 radical (unpaired) electrons. The van der Waals surface area contributed by atoms with Crippen LogP contribution in [-0.4, -0.2) is 40.4 Å². The third-order valence-corrected chi connectivity index (χ3v) is 5.48. The highest BCUT2D eigenvalue weighted by Gasteiger charge is 2.33. The summed E-state index contributed by atoms with van der Waals surface area (Å²) in [5.41, 5.74) is 1.02. The number of rotatable bonds is 5. The van der Waals surface area contributed by atoms with Crippen molar-refractivity contribution in [3.8, 4) is 0 Å². The first-order chi connectivity index (χ1) is 13.8. The van der Waals surface area contributed by atoms with Crippen LogP contribution in [0.5, 0.6) is 0 Å². The van der Waals surface area contributed by atoms with Crippen LogP contribution in [0.3, 0.4) is 0 Å². The lowest BCUT2D eigenvalue weighted by Gasteiger charge is -2.33. The summed E-state index contributed by atoms with van der Waals surface area (Å²) in [6.45, 7) is 4.11. The fraction of sp³-hybridized carbons (Fsp3) is 0.348. The van der Waals surface area contributed by atoms with Gasteiger partial charge in [0.1, 0.15) is 6.04 Å². The van der Waals surface area contributed by atoms with E-state index < -0.39 is 17.4 Å². The maximum atomic E-state index is 12.9. The van der Waals surface area contributed by atoms with E-state index in [-0.39, 0.29) is 11.8 Å². The number of nitrogens with one attached hydrogen (secondary N) is 1.